The van der Waals surface area contributed by atoms with Crippen molar-refractivity contribution in [3.63, 3.8) is 0 Å². The smallest absolute Gasteiger partial charge is 0.208 e. The molecular formula is C7H18NOS+. The van der Waals surface area contributed by atoms with Crippen LogP contribution in [0.2, 0.25) is 0 Å². The number of hydrogen-bond acceptors (Lipinski definition) is 2. The van der Waals surface area contributed by atoms with Crippen LogP contribution in [0, 0.1) is 0 Å². The maximum atomic E-state index is 7.16. The molecule has 1 unspecified atom stereocenters. The average Bonchev–Trinajstić information content (AvgIpc) is 1.59. The predicted octanol–water partition coefficient (Wildman–Crippen LogP) is 1.14. The zero-order valence-corrected chi connectivity index (χ0v) is 8.01. The van der Waals surface area contributed by atoms with Crippen LogP contribution in [0.25, 0.3) is 0 Å². The normalized spacial score (nSPS) is 15.3. The Morgan fingerprint density at radius 2 is 2.00 bits per heavy atom. The van der Waals surface area contributed by atoms with Crippen molar-refractivity contribution in [2.45, 2.75) is 38.7 Å². The van der Waals surface area contributed by atoms with Gasteiger partial charge in [0.15, 0.2) is 0 Å². The van der Waals surface area contributed by atoms with E-state index in [4.69, 9.17) is 5.11 Å². The summed E-state index contributed by atoms with van der Waals surface area (Å²) in [6.45, 7) is 8.36. The maximum absolute atomic E-state index is 7.16. The molecule has 3 heteroatoms. The van der Waals surface area contributed by atoms with Crippen LogP contribution in [-0.4, -0.2) is 22.0 Å². The Kier molecular flexibility index (Phi) is 4.32. The quantitative estimate of drug-likeness (QED) is 0.501. The second-order valence-corrected chi connectivity index (χ2v) is 5.13. The van der Waals surface area contributed by atoms with Gasteiger partial charge in [-0.2, -0.15) is 0 Å². The van der Waals surface area contributed by atoms with Crippen molar-refractivity contribution in [3.05, 3.63) is 0 Å². The van der Waals surface area contributed by atoms with Crippen LogP contribution in [0.4, 0.5) is 0 Å². The maximum Gasteiger partial charge on any atom is 0.208 e. The molecule has 0 fully saturated rings. The Labute approximate surface area is 67.4 Å². The van der Waals surface area contributed by atoms with Crippen LogP contribution < -0.4 is 5.32 Å². The van der Waals surface area contributed by atoms with Crippen molar-refractivity contribution in [1.82, 2.24) is 5.32 Å². The SMILES string of the molecule is CC([OH2+])NCSC(C)(C)C. The molecule has 0 rings (SSSR count). The van der Waals surface area contributed by atoms with E-state index in [-0.39, 0.29) is 6.23 Å². The van der Waals surface area contributed by atoms with Gasteiger partial charge in [-0.15, -0.1) is 11.8 Å². The van der Waals surface area contributed by atoms with E-state index < -0.39 is 0 Å². The van der Waals surface area contributed by atoms with Crippen molar-refractivity contribution in [2.24, 2.45) is 0 Å². The van der Waals surface area contributed by atoms with E-state index in [1.807, 2.05) is 18.7 Å². The van der Waals surface area contributed by atoms with E-state index in [0.717, 1.165) is 5.88 Å². The highest BCUT2D eigenvalue weighted by atomic mass is 32.2. The molecule has 0 heterocycles. The van der Waals surface area contributed by atoms with E-state index in [2.05, 4.69) is 26.1 Å². The van der Waals surface area contributed by atoms with E-state index in [9.17, 15) is 0 Å². The molecule has 0 bridgehead atoms. The summed E-state index contributed by atoms with van der Waals surface area (Å²) in [6.07, 6.45) is -0.144. The highest BCUT2D eigenvalue weighted by Gasteiger charge is 2.10. The first-order valence-corrected chi connectivity index (χ1v) is 4.49. The summed E-state index contributed by atoms with van der Waals surface area (Å²) in [7, 11) is 0. The number of nitrogens with one attached hydrogen (secondary N) is 1. The summed E-state index contributed by atoms with van der Waals surface area (Å²) in [6, 6.07) is 0. The van der Waals surface area contributed by atoms with Crippen molar-refractivity contribution >= 4 is 11.8 Å². The molecule has 0 aromatic heterocycles. The molecule has 0 saturated heterocycles. The number of thioether (sulfide) groups is 1. The van der Waals surface area contributed by atoms with E-state index in [1.165, 1.54) is 0 Å². The molecule has 0 amide bonds. The summed E-state index contributed by atoms with van der Waals surface area (Å²) in [5.74, 6) is 0.869. The van der Waals surface area contributed by atoms with Crippen LogP contribution in [-0.2, 0) is 0 Å². The van der Waals surface area contributed by atoms with Gasteiger partial charge < -0.3 is 5.11 Å². The Balaban J connectivity index is 3.21. The first kappa shape index (κ1) is 10.3. The van der Waals surface area contributed by atoms with Gasteiger partial charge in [0, 0.05) is 17.5 Å². The standard InChI is InChI=1S/C7H17NOS/c1-6(9)8-5-10-7(2,3)4/h6,8-9H,5H2,1-4H3/p+1. The minimum Gasteiger partial charge on any atom is -0.431 e. The molecule has 1 atom stereocenters. The molecule has 0 saturated carbocycles. The zero-order valence-electron chi connectivity index (χ0n) is 7.19. The van der Waals surface area contributed by atoms with Gasteiger partial charge in [-0.25, -0.2) is 5.32 Å². The van der Waals surface area contributed by atoms with Crippen LogP contribution in [0.15, 0.2) is 0 Å². The Bertz CT molecular complexity index is 88.1. The highest BCUT2D eigenvalue weighted by molar-refractivity contribution is 8.00. The summed E-state index contributed by atoms with van der Waals surface area (Å²) < 4.78 is 0.307. The molecule has 0 aromatic rings. The van der Waals surface area contributed by atoms with Gasteiger partial charge in [-0.05, 0) is 0 Å². The van der Waals surface area contributed by atoms with Crippen molar-refractivity contribution in [1.29, 1.82) is 0 Å². The van der Waals surface area contributed by atoms with Crippen LogP contribution in [0.3, 0.4) is 0 Å². The summed E-state index contributed by atoms with van der Waals surface area (Å²) >= 11 is 1.83. The molecule has 2 nitrogen and oxygen atoms in total. The third kappa shape index (κ3) is 8.27. The van der Waals surface area contributed by atoms with E-state index in [1.54, 1.807) is 0 Å². The lowest BCUT2D eigenvalue weighted by Gasteiger charge is -2.17. The van der Waals surface area contributed by atoms with Gasteiger partial charge in [-0.1, -0.05) is 20.8 Å². The molecular weight excluding hydrogens is 146 g/mol. The van der Waals surface area contributed by atoms with E-state index >= 15 is 0 Å². The van der Waals surface area contributed by atoms with Gasteiger partial charge in [0.1, 0.15) is 0 Å². The first-order chi connectivity index (χ1) is 4.42. The Morgan fingerprint density at radius 3 is 2.30 bits per heavy atom. The van der Waals surface area contributed by atoms with Gasteiger partial charge >= 0.3 is 0 Å². The topological polar surface area (TPSA) is 34.9 Å². The largest absolute Gasteiger partial charge is 0.431 e. The fourth-order valence-electron chi connectivity index (χ4n) is 0.383. The first-order valence-electron chi connectivity index (χ1n) is 3.50. The molecule has 0 aliphatic carbocycles. The minimum atomic E-state index is -0.144. The number of rotatable bonds is 3. The lowest BCUT2D eigenvalue weighted by molar-refractivity contribution is 0.164. The highest BCUT2D eigenvalue weighted by Crippen LogP contribution is 2.21. The third-order valence-electron chi connectivity index (χ3n) is 0.895. The van der Waals surface area contributed by atoms with Crippen LogP contribution in [0.1, 0.15) is 27.7 Å². The number of hydrogen-bond donors (Lipinski definition) is 1. The molecule has 3 N–H and O–H groups in total. The molecule has 10 heavy (non-hydrogen) atoms. The second-order valence-electron chi connectivity index (χ2n) is 3.33. The fourth-order valence-corrected chi connectivity index (χ4v) is 1.15. The molecule has 0 aliphatic heterocycles. The van der Waals surface area contributed by atoms with Gasteiger partial charge in [0.2, 0.25) is 6.23 Å². The summed E-state index contributed by atoms with van der Waals surface area (Å²) in [5.41, 5.74) is 0. The lowest BCUT2D eigenvalue weighted by Crippen LogP contribution is -2.27. The average molecular weight is 164 g/mol. The third-order valence-corrected chi connectivity index (χ3v) is 2.07. The van der Waals surface area contributed by atoms with Crippen LogP contribution >= 0.6 is 11.8 Å². The summed E-state index contributed by atoms with van der Waals surface area (Å²) in [4.78, 5) is 0. The van der Waals surface area contributed by atoms with Gasteiger partial charge in [0.25, 0.3) is 0 Å². The summed E-state index contributed by atoms with van der Waals surface area (Å²) in [5, 5.41) is 10.2. The molecule has 0 spiro atoms. The Morgan fingerprint density at radius 1 is 1.50 bits per heavy atom. The predicted molar refractivity (Wildman–Crippen MR) is 48.4 cm³/mol. The Hall–Kier alpha value is 0.270. The monoisotopic (exact) mass is 164 g/mol. The lowest BCUT2D eigenvalue weighted by atomic mass is 10.3. The van der Waals surface area contributed by atoms with Gasteiger partial charge in [-0.3, -0.25) is 0 Å². The van der Waals surface area contributed by atoms with Crippen LogP contribution in [0.5, 0.6) is 0 Å². The van der Waals surface area contributed by atoms with Crippen molar-refractivity contribution in [2.75, 3.05) is 5.88 Å². The molecule has 62 valence electrons. The second kappa shape index (κ2) is 4.21. The molecule has 0 aliphatic rings. The van der Waals surface area contributed by atoms with E-state index in [0.29, 0.717) is 4.75 Å². The molecule has 0 radical (unpaired) electrons. The zero-order chi connectivity index (χ0) is 8.20. The fraction of sp³-hybridized carbons (Fsp3) is 1.00. The van der Waals surface area contributed by atoms with Gasteiger partial charge in [0.05, 0.1) is 0 Å². The van der Waals surface area contributed by atoms with Crippen molar-refractivity contribution in [3.8, 4) is 0 Å². The molecule has 0 aromatic carbocycles. The minimum absolute atomic E-state index is 0.144. The van der Waals surface area contributed by atoms with Crippen molar-refractivity contribution < 1.29 is 5.11 Å².